The summed E-state index contributed by atoms with van der Waals surface area (Å²) < 4.78 is 1.69. The molecular formula is C6H5N3O. The molecule has 2 rings (SSSR count). The number of nitrogens with zero attached hydrogens (tertiary/aromatic N) is 2. The normalized spacial score (nSPS) is 10.4. The first-order chi connectivity index (χ1) is 4.92. The highest BCUT2D eigenvalue weighted by Crippen LogP contribution is 2.02. The van der Waals surface area contributed by atoms with E-state index in [0.29, 0.717) is 5.69 Å². The van der Waals surface area contributed by atoms with Crippen molar-refractivity contribution in [1.82, 2.24) is 14.6 Å². The van der Waals surface area contributed by atoms with Crippen molar-refractivity contribution < 1.29 is 4.79 Å². The summed E-state index contributed by atoms with van der Waals surface area (Å²) >= 11 is 0. The molecule has 2 aromatic heterocycles. The van der Waals surface area contributed by atoms with Gasteiger partial charge in [-0.2, -0.15) is 5.10 Å². The predicted octanol–water partition coefficient (Wildman–Crippen LogP) is 0.475. The molecule has 0 amide bonds. The molecule has 0 aromatic carbocycles. The van der Waals surface area contributed by atoms with Crippen molar-refractivity contribution in [3.8, 4) is 0 Å². The average molecular weight is 135 g/mol. The summed E-state index contributed by atoms with van der Waals surface area (Å²) in [7, 11) is 0. The quantitative estimate of drug-likeness (QED) is 0.578. The van der Waals surface area contributed by atoms with Crippen LogP contribution < -0.4 is 0 Å². The number of carbonyl (C=O) groups is 1. The summed E-state index contributed by atoms with van der Waals surface area (Å²) in [5.74, 6) is 0. The van der Waals surface area contributed by atoms with Gasteiger partial charge in [0, 0.05) is 0 Å². The standard InChI is InChI=1S/C6H5N3O/c10-3-5-1-2-6-8-7-4-9(5)6/h1-4,8H. The summed E-state index contributed by atoms with van der Waals surface area (Å²) in [6.45, 7) is 0. The Bertz CT molecular complexity index is 360. The number of aromatic nitrogens is 3. The molecule has 50 valence electrons. The van der Waals surface area contributed by atoms with E-state index in [9.17, 15) is 4.79 Å². The molecule has 0 spiro atoms. The Labute approximate surface area is 56.5 Å². The highest BCUT2D eigenvalue weighted by molar-refractivity contribution is 5.74. The SMILES string of the molecule is O=Cc1ccc2[nH]ncn12. The van der Waals surface area contributed by atoms with E-state index in [1.165, 1.54) is 0 Å². The van der Waals surface area contributed by atoms with Crippen LogP contribution in [0.25, 0.3) is 5.65 Å². The number of carbonyl (C=O) groups excluding carboxylic acids is 1. The molecule has 0 aliphatic carbocycles. The minimum atomic E-state index is 0.615. The molecule has 0 saturated heterocycles. The Morgan fingerprint density at radius 2 is 2.50 bits per heavy atom. The Balaban J connectivity index is 2.88. The fraction of sp³-hybridized carbons (Fsp3) is 0. The van der Waals surface area contributed by atoms with E-state index in [4.69, 9.17) is 0 Å². The largest absolute Gasteiger partial charge is 0.296 e. The van der Waals surface area contributed by atoms with Gasteiger partial charge in [-0.05, 0) is 12.1 Å². The molecule has 0 atom stereocenters. The number of rotatable bonds is 1. The van der Waals surface area contributed by atoms with Crippen molar-refractivity contribution in [2.45, 2.75) is 0 Å². The number of fused-ring (bicyclic) bond motifs is 1. The molecule has 0 aliphatic heterocycles. The molecule has 0 unspecified atom stereocenters. The lowest BCUT2D eigenvalue weighted by Gasteiger charge is -1.81. The van der Waals surface area contributed by atoms with Gasteiger partial charge in [-0.25, -0.2) is 0 Å². The van der Waals surface area contributed by atoms with Crippen molar-refractivity contribution in [3.63, 3.8) is 0 Å². The van der Waals surface area contributed by atoms with Gasteiger partial charge in [0.25, 0.3) is 0 Å². The molecule has 0 fully saturated rings. The van der Waals surface area contributed by atoms with Crippen molar-refractivity contribution in [1.29, 1.82) is 0 Å². The van der Waals surface area contributed by atoms with Crippen LogP contribution in [0.5, 0.6) is 0 Å². The molecule has 10 heavy (non-hydrogen) atoms. The van der Waals surface area contributed by atoms with Crippen LogP contribution in [0.15, 0.2) is 18.5 Å². The second-order valence-corrected chi connectivity index (χ2v) is 1.99. The molecule has 0 aliphatic rings. The first kappa shape index (κ1) is 5.22. The van der Waals surface area contributed by atoms with Crippen molar-refractivity contribution in [2.75, 3.05) is 0 Å². The zero-order valence-corrected chi connectivity index (χ0v) is 5.11. The Morgan fingerprint density at radius 3 is 3.30 bits per heavy atom. The molecule has 0 bridgehead atoms. The zero-order valence-electron chi connectivity index (χ0n) is 5.11. The average Bonchev–Trinajstić information content (AvgIpc) is 2.44. The van der Waals surface area contributed by atoms with Crippen LogP contribution in [0.3, 0.4) is 0 Å². The summed E-state index contributed by atoms with van der Waals surface area (Å²) in [4.78, 5) is 10.3. The van der Waals surface area contributed by atoms with E-state index in [1.54, 1.807) is 22.9 Å². The Kier molecular flexibility index (Phi) is 0.887. The van der Waals surface area contributed by atoms with Crippen LogP contribution in [-0.4, -0.2) is 20.9 Å². The lowest BCUT2D eigenvalue weighted by atomic mass is 10.5. The van der Waals surface area contributed by atoms with Crippen LogP contribution in [-0.2, 0) is 0 Å². The van der Waals surface area contributed by atoms with Gasteiger partial charge in [-0.1, -0.05) is 0 Å². The van der Waals surface area contributed by atoms with E-state index in [1.807, 2.05) is 0 Å². The molecule has 4 nitrogen and oxygen atoms in total. The number of aldehydes is 1. The second-order valence-electron chi connectivity index (χ2n) is 1.99. The number of nitrogens with one attached hydrogen (secondary N) is 1. The third kappa shape index (κ3) is 0.500. The van der Waals surface area contributed by atoms with Crippen LogP contribution in [0.2, 0.25) is 0 Å². The summed E-state index contributed by atoms with van der Waals surface area (Å²) in [6, 6.07) is 3.54. The molecule has 0 radical (unpaired) electrons. The predicted molar refractivity (Wildman–Crippen MR) is 34.9 cm³/mol. The third-order valence-corrected chi connectivity index (χ3v) is 1.42. The van der Waals surface area contributed by atoms with Gasteiger partial charge in [0.05, 0.1) is 5.69 Å². The number of hydrogen-bond acceptors (Lipinski definition) is 2. The summed E-state index contributed by atoms with van der Waals surface area (Å²) in [6.07, 6.45) is 2.36. The Morgan fingerprint density at radius 1 is 1.60 bits per heavy atom. The van der Waals surface area contributed by atoms with Gasteiger partial charge in [-0.15, -0.1) is 0 Å². The fourth-order valence-electron chi connectivity index (χ4n) is 0.933. The van der Waals surface area contributed by atoms with Gasteiger partial charge in [0.1, 0.15) is 12.0 Å². The van der Waals surface area contributed by atoms with E-state index in [-0.39, 0.29) is 0 Å². The molecule has 2 aromatic rings. The first-order valence-electron chi connectivity index (χ1n) is 2.87. The molecule has 0 saturated carbocycles. The molecule has 2 heterocycles. The second kappa shape index (κ2) is 1.70. The van der Waals surface area contributed by atoms with Crippen molar-refractivity contribution in [3.05, 3.63) is 24.2 Å². The van der Waals surface area contributed by atoms with Crippen LogP contribution in [0, 0.1) is 0 Å². The lowest BCUT2D eigenvalue weighted by molar-refractivity contribution is 0.111. The minimum absolute atomic E-state index is 0.615. The maximum absolute atomic E-state index is 10.3. The van der Waals surface area contributed by atoms with Gasteiger partial charge < -0.3 is 0 Å². The fourth-order valence-corrected chi connectivity index (χ4v) is 0.933. The zero-order chi connectivity index (χ0) is 6.97. The van der Waals surface area contributed by atoms with E-state index >= 15 is 0 Å². The molecule has 4 heteroatoms. The number of H-pyrrole nitrogens is 1. The summed E-state index contributed by atoms with van der Waals surface area (Å²) in [5, 5.41) is 6.48. The Hall–Kier alpha value is -1.58. The van der Waals surface area contributed by atoms with E-state index in [0.717, 1.165) is 11.9 Å². The highest BCUT2D eigenvalue weighted by atomic mass is 16.1. The van der Waals surface area contributed by atoms with E-state index in [2.05, 4.69) is 10.2 Å². The third-order valence-electron chi connectivity index (χ3n) is 1.42. The van der Waals surface area contributed by atoms with Gasteiger partial charge in [-0.3, -0.25) is 14.3 Å². The maximum Gasteiger partial charge on any atom is 0.166 e. The van der Waals surface area contributed by atoms with Crippen LogP contribution in [0.1, 0.15) is 10.5 Å². The number of aromatic amines is 1. The lowest BCUT2D eigenvalue weighted by Crippen LogP contribution is -1.84. The van der Waals surface area contributed by atoms with Crippen molar-refractivity contribution in [2.24, 2.45) is 0 Å². The van der Waals surface area contributed by atoms with Crippen molar-refractivity contribution >= 4 is 11.9 Å². The van der Waals surface area contributed by atoms with E-state index < -0.39 is 0 Å². The van der Waals surface area contributed by atoms with Gasteiger partial charge in [0.15, 0.2) is 6.29 Å². The summed E-state index contributed by atoms with van der Waals surface area (Å²) in [5.41, 5.74) is 1.45. The van der Waals surface area contributed by atoms with Crippen LogP contribution >= 0.6 is 0 Å². The highest BCUT2D eigenvalue weighted by Gasteiger charge is 1.98. The monoisotopic (exact) mass is 135 g/mol. The van der Waals surface area contributed by atoms with Crippen LogP contribution in [0.4, 0.5) is 0 Å². The smallest absolute Gasteiger partial charge is 0.166 e. The maximum atomic E-state index is 10.3. The number of hydrogen-bond donors (Lipinski definition) is 1. The van der Waals surface area contributed by atoms with Gasteiger partial charge in [0.2, 0.25) is 0 Å². The first-order valence-corrected chi connectivity index (χ1v) is 2.87. The molecular weight excluding hydrogens is 130 g/mol. The molecule has 1 N–H and O–H groups in total. The topological polar surface area (TPSA) is 50.2 Å². The minimum Gasteiger partial charge on any atom is -0.296 e. The van der Waals surface area contributed by atoms with Gasteiger partial charge >= 0.3 is 0 Å².